The van der Waals surface area contributed by atoms with Gasteiger partial charge in [0.25, 0.3) is 0 Å². The largest absolute Gasteiger partial charge is 0.478 e. The third-order valence-corrected chi connectivity index (χ3v) is 3.62. The maximum atomic E-state index is 9.55. The lowest BCUT2D eigenvalue weighted by Gasteiger charge is -2.16. The zero-order valence-corrected chi connectivity index (χ0v) is 14.3. The van der Waals surface area contributed by atoms with Gasteiger partial charge in [-0.05, 0) is 30.3 Å². The van der Waals surface area contributed by atoms with E-state index in [9.17, 15) is 9.59 Å². The van der Waals surface area contributed by atoms with Crippen LogP contribution in [0.2, 0.25) is 5.02 Å². The molecule has 0 saturated carbocycles. The van der Waals surface area contributed by atoms with Crippen LogP contribution in [0.25, 0.3) is 0 Å². The van der Waals surface area contributed by atoms with Crippen molar-refractivity contribution in [1.82, 2.24) is 0 Å². The van der Waals surface area contributed by atoms with E-state index in [1.54, 1.807) is 0 Å². The Hall–Kier alpha value is -3.03. The molecule has 1 aliphatic rings. The second-order valence-corrected chi connectivity index (χ2v) is 5.66. The molecule has 136 valence electrons. The van der Waals surface area contributed by atoms with Gasteiger partial charge in [0.2, 0.25) is 0 Å². The lowest BCUT2D eigenvalue weighted by Crippen LogP contribution is -2.19. The van der Waals surface area contributed by atoms with Gasteiger partial charge in [0.1, 0.15) is 5.75 Å². The summed E-state index contributed by atoms with van der Waals surface area (Å²) in [6.45, 7) is 0.477. The molecule has 0 saturated heterocycles. The molecule has 0 aliphatic carbocycles. The summed E-state index contributed by atoms with van der Waals surface area (Å²) in [5.74, 6) is -0.913. The normalized spacial score (nSPS) is 14.6. The summed E-state index contributed by atoms with van der Waals surface area (Å²) in [5, 5.41) is 19.7. The summed E-state index contributed by atoms with van der Waals surface area (Å²) in [6.07, 6.45) is 1.12. The van der Waals surface area contributed by atoms with Gasteiger partial charge in [-0.3, -0.25) is 0 Å². The zero-order chi connectivity index (χ0) is 19.1. The van der Waals surface area contributed by atoms with Crippen LogP contribution >= 0.6 is 11.6 Å². The minimum Gasteiger partial charge on any atom is -0.478 e. The lowest BCUT2D eigenvalue weighted by molar-refractivity contribution is -0.134. The number of carbonyl (C=O) groups is 2. The number of fused-ring (bicyclic) bond motifs is 2. The molecule has 5 N–H and O–H groups in total. The van der Waals surface area contributed by atoms with Gasteiger partial charge in [-0.25, -0.2) is 9.59 Å². The number of carboxylic acid groups (broad SMARTS) is 2. The van der Waals surface area contributed by atoms with Gasteiger partial charge in [0.05, 0.1) is 11.7 Å². The minimum absolute atomic E-state index is 0.00218. The van der Waals surface area contributed by atoms with E-state index in [0.717, 1.165) is 22.7 Å². The Morgan fingerprint density at radius 2 is 1.77 bits per heavy atom. The van der Waals surface area contributed by atoms with Gasteiger partial charge in [0, 0.05) is 29.3 Å². The van der Waals surface area contributed by atoms with Crippen molar-refractivity contribution in [2.75, 3.05) is 11.9 Å². The van der Waals surface area contributed by atoms with E-state index < -0.39 is 11.9 Å². The number of para-hydroxylation sites is 2. The molecule has 0 spiro atoms. The maximum absolute atomic E-state index is 9.55. The first-order valence-electron chi connectivity index (χ1n) is 7.57. The number of carboxylic acids is 2. The van der Waals surface area contributed by atoms with Crippen LogP contribution in [0.3, 0.4) is 0 Å². The fourth-order valence-electron chi connectivity index (χ4n) is 2.27. The van der Waals surface area contributed by atoms with E-state index in [2.05, 4.69) is 5.32 Å². The van der Waals surface area contributed by atoms with Gasteiger partial charge >= 0.3 is 11.9 Å². The third kappa shape index (κ3) is 5.23. The van der Waals surface area contributed by atoms with Crippen LogP contribution < -0.4 is 15.8 Å². The van der Waals surface area contributed by atoms with E-state index in [1.807, 2.05) is 42.5 Å². The Kier molecular flexibility index (Phi) is 6.60. The average Bonchev–Trinajstić information content (AvgIpc) is 2.76. The third-order valence-electron chi connectivity index (χ3n) is 3.39. The van der Waals surface area contributed by atoms with Crippen LogP contribution in [0.4, 0.5) is 5.69 Å². The maximum Gasteiger partial charge on any atom is 0.328 e. The van der Waals surface area contributed by atoms with Crippen molar-refractivity contribution in [3.63, 3.8) is 0 Å². The zero-order valence-electron chi connectivity index (χ0n) is 13.6. The van der Waals surface area contributed by atoms with Crippen LogP contribution in [0.1, 0.15) is 11.6 Å². The molecule has 1 unspecified atom stereocenters. The fourth-order valence-corrected chi connectivity index (χ4v) is 2.45. The molecule has 1 atom stereocenters. The summed E-state index contributed by atoms with van der Waals surface area (Å²) in [5.41, 5.74) is 7.77. The Balaban J connectivity index is 0.000000260. The standard InChI is InChI=1S/C14H13ClN2O.C4H4O4/c15-9-5-6-13-10(7-9)12(8-16)17-11-3-1-2-4-14(11)18-13;5-3(6)1-2-4(7)8/h1-7,12,17H,8,16H2;1-2H,(H,5,6)(H,7,8). The Morgan fingerprint density at radius 3 is 2.38 bits per heavy atom. The summed E-state index contributed by atoms with van der Waals surface area (Å²) in [7, 11) is 0. The molecule has 2 aromatic rings. The van der Waals surface area contributed by atoms with Gasteiger partial charge < -0.3 is 26.0 Å². The number of benzene rings is 2. The number of halogens is 1. The smallest absolute Gasteiger partial charge is 0.328 e. The highest BCUT2D eigenvalue weighted by molar-refractivity contribution is 6.30. The summed E-state index contributed by atoms with van der Waals surface area (Å²) >= 11 is 6.04. The van der Waals surface area contributed by atoms with Crippen molar-refractivity contribution in [3.8, 4) is 11.5 Å². The number of aliphatic carboxylic acids is 2. The van der Waals surface area contributed by atoms with Gasteiger partial charge in [0.15, 0.2) is 5.75 Å². The molecule has 26 heavy (non-hydrogen) atoms. The average molecular weight is 377 g/mol. The quantitative estimate of drug-likeness (QED) is 0.606. The van der Waals surface area contributed by atoms with Crippen molar-refractivity contribution < 1.29 is 24.5 Å². The topological polar surface area (TPSA) is 122 Å². The van der Waals surface area contributed by atoms with Crippen molar-refractivity contribution in [2.24, 2.45) is 5.73 Å². The van der Waals surface area contributed by atoms with E-state index in [4.69, 9.17) is 32.3 Å². The van der Waals surface area contributed by atoms with Crippen LogP contribution in [-0.2, 0) is 9.59 Å². The molecule has 3 rings (SSSR count). The number of hydrogen-bond donors (Lipinski definition) is 4. The molecule has 0 aromatic heterocycles. The molecular weight excluding hydrogens is 360 g/mol. The number of nitrogens with one attached hydrogen (secondary N) is 1. The van der Waals surface area contributed by atoms with Crippen LogP contribution in [-0.4, -0.2) is 28.7 Å². The summed E-state index contributed by atoms with van der Waals surface area (Å²) in [4.78, 5) is 19.1. The highest BCUT2D eigenvalue weighted by Crippen LogP contribution is 2.40. The number of rotatable bonds is 3. The van der Waals surface area contributed by atoms with Crippen molar-refractivity contribution in [3.05, 3.63) is 65.2 Å². The Labute approximate surface area is 154 Å². The highest BCUT2D eigenvalue weighted by atomic mass is 35.5. The van der Waals surface area contributed by atoms with E-state index in [0.29, 0.717) is 23.7 Å². The van der Waals surface area contributed by atoms with Gasteiger partial charge in [-0.2, -0.15) is 0 Å². The van der Waals surface area contributed by atoms with E-state index in [-0.39, 0.29) is 6.04 Å². The Morgan fingerprint density at radius 1 is 1.12 bits per heavy atom. The van der Waals surface area contributed by atoms with E-state index >= 15 is 0 Å². The molecule has 0 radical (unpaired) electrons. The molecule has 1 heterocycles. The van der Waals surface area contributed by atoms with Gasteiger partial charge in [-0.15, -0.1) is 0 Å². The lowest BCUT2D eigenvalue weighted by atomic mass is 10.1. The number of anilines is 1. The van der Waals surface area contributed by atoms with Crippen LogP contribution in [0, 0.1) is 0 Å². The first-order valence-corrected chi connectivity index (χ1v) is 7.95. The number of hydrogen-bond acceptors (Lipinski definition) is 5. The number of ether oxygens (including phenoxy) is 1. The predicted molar refractivity (Wildman–Crippen MR) is 97.8 cm³/mol. The Bertz CT molecular complexity index is 822. The summed E-state index contributed by atoms with van der Waals surface area (Å²) in [6, 6.07) is 13.4. The molecule has 8 heteroatoms. The molecule has 1 aliphatic heterocycles. The first-order chi connectivity index (χ1) is 12.4. The molecule has 2 aromatic carbocycles. The van der Waals surface area contributed by atoms with Crippen LogP contribution in [0.15, 0.2) is 54.6 Å². The first kappa shape index (κ1) is 19.3. The van der Waals surface area contributed by atoms with E-state index in [1.165, 1.54) is 0 Å². The minimum atomic E-state index is -1.26. The predicted octanol–water partition coefficient (Wildman–Crippen LogP) is 3.27. The van der Waals surface area contributed by atoms with Crippen molar-refractivity contribution in [1.29, 1.82) is 0 Å². The molecule has 0 fully saturated rings. The SMILES string of the molecule is NCC1Nc2ccccc2Oc2ccc(Cl)cc21.O=C(O)C=CC(=O)O. The number of nitrogens with two attached hydrogens (primary N) is 1. The fraction of sp³-hybridized carbons (Fsp3) is 0.111. The monoisotopic (exact) mass is 376 g/mol. The molecule has 0 amide bonds. The second-order valence-electron chi connectivity index (χ2n) is 5.22. The summed E-state index contributed by atoms with van der Waals surface area (Å²) < 4.78 is 5.91. The van der Waals surface area contributed by atoms with Crippen LogP contribution in [0.5, 0.6) is 11.5 Å². The molecule has 0 bridgehead atoms. The van der Waals surface area contributed by atoms with Crippen molar-refractivity contribution in [2.45, 2.75) is 6.04 Å². The molecular formula is C18H17ClN2O5. The van der Waals surface area contributed by atoms with Gasteiger partial charge in [-0.1, -0.05) is 23.7 Å². The molecule has 7 nitrogen and oxygen atoms in total. The van der Waals surface area contributed by atoms with Crippen molar-refractivity contribution >= 4 is 29.2 Å². The second kappa shape index (κ2) is 8.89. The highest BCUT2D eigenvalue weighted by Gasteiger charge is 2.21.